The molecule has 0 saturated carbocycles. The molecule has 0 spiro atoms. The van der Waals surface area contributed by atoms with E-state index in [9.17, 15) is 13.2 Å². The Balaban J connectivity index is 1.30. The highest BCUT2D eigenvalue weighted by atomic mass is 32.2. The zero-order valence-electron chi connectivity index (χ0n) is 22.5. The van der Waals surface area contributed by atoms with Crippen LogP contribution >= 0.6 is 11.8 Å². The Morgan fingerprint density at radius 1 is 0.833 bits per heavy atom. The van der Waals surface area contributed by atoms with Gasteiger partial charge in [-0.05, 0) is 59.5 Å². The number of para-hydroxylation sites is 1. The van der Waals surface area contributed by atoms with Gasteiger partial charge in [-0.2, -0.15) is 4.31 Å². The number of sulfonamides is 1. The maximum atomic E-state index is 13.3. The Morgan fingerprint density at radius 2 is 1.62 bits per heavy atom. The van der Waals surface area contributed by atoms with Gasteiger partial charge in [-0.1, -0.05) is 72.4 Å². The first-order chi connectivity index (χ1) is 20.5. The van der Waals surface area contributed by atoms with Crippen molar-refractivity contribution < 1.29 is 12.8 Å². The summed E-state index contributed by atoms with van der Waals surface area (Å²) in [5.74, 6) is 0.981. The zero-order valence-corrected chi connectivity index (χ0v) is 24.1. The molecule has 1 fully saturated rings. The van der Waals surface area contributed by atoms with E-state index >= 15 is 0 Å². The van der Waals surface area contributed by atoms with Gasteiger partial charge in [0.15, 0.2) is 11.0 Å². The second kappa shape index (κ2) is 10.9. The summed E-state index contributed by atoms with van der Waals surface area (Å²) in [4.78, 5) is 12.7. The third-order valence-electron chi connectivity index (χ3n) is 7.51. The van der Waals surface area contributed by atoms with Crippen LogP contribution in [0.5, 0.6) is 0 Å². The lowest BCUT2D eigenvalue weighted by Gasteiger charge is -2.16. The van der Waals surface area contributed by atoms with E-state index in [4.69, 9.17) is 4.42 Å². The number of hydrogen-bond acceptors (Lipinski definition) is 7. The van der Waals surface area contributed by atoms with Crippen molar-refractivity contribution >= 4 is 43.5 Å². The predicted molar refractivity (Wildman–Crippen MR) is 164 cm³/mol. The minimum absolute atomic E-state index is 0.244. The number of aromatic nitrogens is 3. The molecule has 0 radical (unpaired) electrons. The fraction of sp³-hybridized carbons (Fsp3) is 0.156. The SMILES string of the molecule is O=c1cc(CSc2nnc(-c3cccc(S(=O)(=O)N4CCCC4)c3)n2-c2ccccc2)c2c(ccc3ccccc32)o1. The van der Waals surface area contributed by atoms with Crippen molar-refractivity contribution in [2.45, 2.75) is 28.6 Å². The van der Waals surface area contributed by atoms with E-state index in [1.54, 1.807) is 28.6 Å². The number of thioether (sulfide) groups is 1. The summed E-state index contributed by atoms with van der Waals surface area (Å²) in [6, 6.07) is 30.0. The molecule has 1 saturated heterocycles. The van der Waals surface area contributed by atoms with Crippen LogP contribution in [0.4, 0.5) is 0 Å². The van der Waals surface area contributed by atoms with Crippen molar-refractivity contribution in [1.29, 1.82) is 0 Å². The molecule has 6 aromatic rings. The molecule has 8 nitrogen and oxygen atoms in total. The molecule has 1 aliphatic rings. The van der Waals surface area contributed by atoms with E-state index in [1.165, 1.54) is 11.8 Å². The van der Waals surface area contributed by atoms with Gasteiger partial charge in [0.2, 0.25) is 10.0 Å². The fourth-order valence-corrected chi connectivity index (χ4v) is 8.00. The number of benzene rings is 4. The highest BCUT2D eigenvalue weighted by Crippen LogP contribution is 2.34. The summed E-state index contributed by atoms with van der Waals surface area (Å²) in [6.45, 7) is 1.07. The Morgan fingerprint density at radius 3 is 2.45 bits per heavy atom. The van der Waals surface area contributed by atoms with Crippen molar-refractivity contribution in [1.82, 2.24) is 19.1 Å². The topological polar surface area (TPSA) is 98.3 Å². The highest BCUT2D eigenvalue weighted by Gasteiger charge is 2.28. The summed E-state index contributed by atoms with van der Waals surface area (Å²) < 4.78 is 35.6. The molecule has 2 aromatic heterocycles. The predicted octanol–water partition coefficient (Wildman–Crippen LogP) is 6.27. The Labute approximate surface area is 246 Å². The molecule has 1 aliphatic heterocycles. The average Bonchev–Trinajstić information content (AvgIpc) is 3.72. The Hall–Kier alpha value is -4.25. The minimum atomic E-state index is -3.60. The largest absolute Gasteiger partial charge is 0.423 e. The second-order valence-electron chi connectivity index (χ2n) is 10.2. The van der Waals surface area contributed by atoms with Crippen molar-refractivity contribution in [3.05, 3.63) is 113 Å². The van der Waals surface area contributed by atoms with E-state index < -0.39 is 15.6 Å². The van der Waals surface area contributed by atoms with E-state index in [0.717, 1.165) is 40.3 Å². The molecular formula is C32H26N4O4S2. The summed E-state index contributed by atoms with van der Waals surface area (Å²) in [6.07, 6.45) is 1.74. The van der Waals surface area contributed by atoms with Gasteiger partial charge < -0.3 is 4.42 Å². The zero-order chi connectivity index (χ0) is 28.7. The molecule has 210 valence electrons. The quantitative estimate of drug-likeness (QED) is 0.122. The van der Waals surface area contributed by atoms with Crippen molar-refractivity contribution in [2.75, 3.05) is 13.1 Å². The van der Waals surface area contributed by atoms with Gasteiger partial charge in [0.05, 0.1) is 4.90 Å². The molecule has 0 bridgehead atoms. The normalized spacial score (nSPS) is 14.2. The van der Waals surface area contributed by atoms with E-state index in [1.807, 2.05) is 77.4 Å². The lowest BCUT2D eigenvalue weighted by molar-refractivity contribution is 0.477. The molecule has 42 heavy (non-hydrogen) atoms. The summed E-state index contributed by atoms with van der Waals surface area (Å²) in [7, 11) is -3.60. The molecule has 0 aliphatic carbocycles. The van der Waals surface area contributed by atoms with Crippen molar-refractivity contribution in [3.8, 4) is 17.1 Å². The summed E-state index contributed by atoms with van der Waals surface area (Å²) in [5.41, 5.74) is 2.46. The van der Waals surface area contributed by atoms with Gasteiger partial charge in [-0.3, -0.25) is 4.57 Å². The first-order valence-electron chi connectivity index (χ1n) is 13.7. The number of rotatable bonds is 7. The highest BCUT2D eigenvalue weighted by molar-refractivity contribution is 7.98. The van der Waals surface area contributed by atoms with Gasteiger partial charge >= 0.3 is 5.63 Å². The van der Waals surface area contributed by atoms with Crippen LogP contribution in [0.15, 0.2) is 116 Å². The van der Waals surface area contributed by atoms with Crippen LogP contribution in [-0.4, -0.2) is 40.6 Å². The van der Waals surface area contributed by atoms with Crippen LogP contribution in [0.3, 0.4) is 0 Å². The molecule has 3 heterocycles. The van der Waals surface area contributed by atoms with Crippen LogP contribution in [-0.2, 0) is 15.8 Å². The lowest BCUT2D eigenvalue weighted by Crippen LogP contribution is -2.27. The molecule has 0 atom stereocenters. The van der Waals surface area contributed by atoms with Crippen LogP contribution in [0.2, 0.25) is 0 Å². The van der Waals surface area contributed by atoms with Crippen LogP contribution < -0.4 is 5.63 Å². The maximum Gasteiger partial charge on any atom is 0.336 e. The molecule has 7 rings (SSSR count). The van der Waals surface area contributed by atoms with Gasteiger partial charge in [-0.25, -0.2) is 13.2 Å². The third-order valence-corrected chi connectivity index (χ3v) is 10.4. The molecule has 0 N–H and O–H groups in total. The second-order valence-corrected chi connectivity index (χ2v) is 13.0. The molecule has 10 heteroatoms. The number of fused-ring (bicyclic) bond motifs is 3. The van der Waals surface area contributed by atoms with Crippen LogP contribution in [0.25, 0.3) is 38.8 Å². The monoisotopic (exact) mass is 594 g/mol. The average molecular weight is 595 g/mol. The number of nitrogens with zero attached hydrogens (tertiary/aromatic N) is 4. The summed E-state index contributed by atoms with van der Waals surface area (Å²) >= 11 is 1.46. The van der Waals surface area contributed by atoms with Crippen molar-refractivity contribution in [3.63, 3.8) is 0 Å². The smallest absolute Gasteiger partial charge is 0.336 e. The van der Waals surface area contributed by atoms with Crippen LogP contribution in [0.1, 0.15) is 18.4 Å². The first kappa shape index (κ1) is 26.6. The molecule has 0 unspecified atom stereocenters. The lowest BCUT2D eigenvalue weighted by atomic mass is 10.0. The molecule has 4 aromatic carbocycles. The Bertz CT molecular complexity index is 2100. The third kappa shape index (κ3) is 4.81. The van der Waals surface area contributed by atoms with Gasteiger partial charge in [0, 0.05) is 41.5 Å². The first-order valence-corrected chi connectivity index (χ1v) is 16.1. The minimum Gasteiger partial charge on any atom is -0.423 e. The number of hydrogen-bond donors (Lipinski definition) is 0. The van der Waals surface area contributed by atoms with Crippen molar-refractivity contribution in [2.24, 2.45) is 0 Å². The van der Waals surface area contributed by atoms with E-state index in [-0.39, 0.29) is 4.90 Å². The Kier molecular flexibility index (Phi) is 6.89. The molecule has 0 amide bonds. The maximum absolute atomic E-state index is 13.3. The fourth-order valence-electron chi connectivity index (χ4n) is 5.51. The van der Waals surface area contributed by atoms with Gasteiger partial charge in [-0.15, -0.1) is 10.2 Å². The van der Waals surface area contributed by atoms with Gasteiger partial charge in [0.1, 0.15) is 5.58 Å². The van der Waals surface area contributed by atoms with E-state index in [2.05, 4.69) is 10.2 Å². The van der Waals surface area contributed by atoms with Gasteiger partial charge in [0.25, 0.3) is 0 Å². The van der Waals surface area contributed by atoms with Crippen LogP contribution in [0, 0.1) is 0 Å². The molecular weight excluding hydrogens is 569 g/mol. The standard InChI is InChI=1S/C32H26N4O4S2/c37-29-20-24(30-27-14-5-4-9-22(27)15-16-28(30)40-29)21-41-32-34-33-31(36(32)25-11-2-1-3-12-25)23-10-8-13-26(19-23)42(38,39)35-17-6-7-18-35/h1-5,8-16,19-20H,6-7,17-18,21H2. The summed E-state index contributed by atoms with van der Waals surface area (Å²) in [5, 5.41) is 12.6. The van der Waals surface area contributed by atoms with E-state index in [0.29, 0.717) is 41.0 Å².